The van der Waals surface area contributed by atoms with Crippen LogP contribution in [0.4, 0.5) is 0 Å². The summed E-state index contributed by atoms with van der Waals surface area (Å²) >= 11 is 2.13. The van der Waals surface area contributed by atoms with Gasteiger partial charge in [0.25, 0.3) is 0 Å². The molecule has 0 fully saturated rings. The highest BCUT2D eigenvalue weighted by Crippen LogP contribution is 2.25. The van der Waals surface area contributed by atoms with Crippen LogP contribution in [0, 0.1) is 39.9 Å². The van der Waals surface area contributed by atoms with Gasteiger partial charge in [-0.2, -0.15) is 11.8 Å². The Morgan fingerprint density at radius 3 is 0.988 bits per heavy atom. The summed E-state index contributed by atoms with van der Waals surface area (Å²) in [6.07, 6.45) is 9.88. The van der Waals surface area contributed by atoms with Gasteiger partial charge >= 0.3 is 0 Å². The first-order valence-corrected chi connectivity index (χ1v) is 33.9. The number of hydrogen-bond donors (Lipinski definition) is 2. The van der Waals surface area contributed by atoms with Crippen LogP contribution in [0.15, 0.2) is 0 Å². The Morgan fingerprint density at radius 2 is 0.726 bits per heavy atom. The average Bonchev–Trinajstić information content (AvgIpc) is 3.25. The molecule has 0 atom stereocenters. The van der Waals surface area contributed by atoms with E-state index in [1.165, 1.54) is 50.0 Å². The van der Waals surface area contributed by atoms with Crippen molar-refractivity contribution in [2.45, 2.75) is 353 Å². The van der Waals surface area contributed by atoms with Crippen LogP contribution in [0.2, 0.25) is 0 Å². The number of rotatable bonds is 27. The Kier molecular flexibility index (Phi) is 57.5. The van der Waals surface area contributed by atoms with Crippen LogP contribution >= 0.6 is 11.8 Å². The van der Waals surface area contributed by atoms with E-state index in [0.29, 0.717) is 50.4 Å². The predicted octanol–water partition coefficient (Wildman–Crippen LogP) is 19.9. The van der Waals surface area contributed by atoms with Gasteiger partial charge in [0, 0.05) is 31.1 Å². The lowest BCUT2D eigenvalue weighted by Gasteiger charge is -2.25. The van der Waals surface area contributed by atoms with Gasteiger partial charge in [-0.15, -0.1) is 0 Å². The second kappa shape index (κ2) is 49.9. The van der Waals surface area contributed by atoms with E-state index in [2.05, 4.69) is 121 Å². The molecule has 0 unspecified atom stereocenters. The van der Waals surface area contributed by atoms with Gasteiger partial charge in [-0.1, -0.05) is 131 Å². The first kappa shape index (κ1) is 96.8. The second-order valence-electron chi connectivity index (χ2n) is 33.7. The van der Waals surface area contributed by atoms with Crippen LogP contribution < -0.4 is 5.32 Å². The third kappa shape index (κ3) is 112. The first-order chi connectivity index (χ1) is 37.2. The summed E-state index contributed by atoms with van der Waals surface area (Å²) in [4.78, 5) is 22.4. The fraction of sp³-hybridized carbons (Fsp3) is 0.972. The Balaban J connectivity index is -0.000000166. The number of aliphatic hydroxyl groups excluding tert-OH is 1. The van der Waals surface area contributed by atoms with Crippen LogP contribution in [0.3, 0.4) is 0 Å². The summed E-state index contributed by atoms with van der Waals surface area (Å²) in [7, 11) is 0. The molecule has 12 heteroatoms. The van der Waals surface area contributed by atoms with E-state index in [1.807, 2.05) is 152 Å². The van der Waals surface area contributed by atoms with Crippen molar-refractivity contribution in [2.75, 3.05) is 64.3 Å². The van der Waals surface area contributed by atoms with Gasteiger partial charge in [-0.05, 0) is 217 Å². The fourth-order valence-corrected chi connectivity index (χ4v) is 6.45. The van der Waals surface area contributed by atoms with Crippen molar-refractivity contribution in [1.29, 1.82) is 0 Å². The number of ether oxygens (including phenoxy) is 7. The second-order valence-corrected chi connectivity index (χ2v) is 34.9. The Labute approximate surface area is 531 Å². The van der Waals surface area contributed by atoms with E-state index in [4.69, 9.17) is 33.2 Å². The third-order valence-corrected chi connectivity index (χ3v) is 11.7. The summed E-state index contributed by atoms with van der Waals surface area (Å²) in [5, 5.41) is 12.4. The number of aliphatic hydroxyl groups is 1. The van der Waals surface area contributed by atoms with E-state index in [1.54, 1.807) is 0 Å². The molecule has 0 saturated carbocycles. The molecule has 514 valence electrons. The number of hydrogen-bond acceptors (Lipinski definition) is 11. The van der Waals surface area contributed by atoms with Crippen LogP contribution in [0.1, 0.15) is 308 Å². The number of nitrogens with one attached hydrogen (secondary N) is 1. The van der Waals surface area contributed by atoms with Crippen molar-refractivity contribution in [3.8, 4) is 0 Å². The minimum atomic E-state index is -0.548. The summed E-state index contributed by atoms with van der Waals surface area (Å²) < 4.78 is 38.1. The van der Waals surface area contributed by atoms with E-state index < -0.39 is 6.10 Å². The zero-order valence-electron chi connectivity index (χ0n) is 63.7. The molecule has 1 amide bonds. The van der Waals surface area contributed by atoms with Gasteiger partial charge in [0.15, 0.2) is 5.78 Å². The van der Waals surface area contributed by atoms with Crippen molar-refractivity contribution in [2.24, 2.45) is 39.9 Å². The Bertz CT molecular complexity index is 1400. The first-order valence-electron chi connectivity index (χ1n) is 32.7. The molecular formula is C72H155NO10S. The SMILES string of the molecule is CC(C)(C)CCCSCCCC(C)(C)C.CC(C)(C)OCC(O)COC(C)(C)C.CC(C)(C)OCCCNC(=O)C(C)(C)C.CC(C)(C)OCCOC(C)(C)C.CC(C)CCC(C)C.CC(C)CCOC(C)(C)C.CC(C)OCC(=O)C(C)C. The topological polar surface area (TPSA) is 131 Å². The van der Waals surface area contributed by atoms with Gasteiger partial charge in [-0.3, -0.25) is 9.59 Å². The number of carbonyl (C=O) groups excluding carboxylic acids is 2. The molecule has 0 spiro atoms. The molecule has 0 aliphatic carbocycles. The molecule has 0 aliphatic rings. The molecule has 11 nitrogen and oxygen atoms in total. The number of amides is 1. The smallest absolute Gasteiger partial charge is 0.225 e. The highest BCUT2D eigenvalue weighted by Gasteiger charge is 2.21. The summed E-state index contributed by atoms with van der Waals surface area (Å²) in [6, 6.07) is 0. The molecule has 0 aromatic rings. The number of carbonyl (C=O) groups is 2. The molecule has 84 heavy (non-hydrogen) atoms. The van der Waals surface area contributed by atoms with Crippen molar-refractivity contribution < 1.29 is 47.9 Å². The van der Waals surface area contributed by atoms with Crippen LogP contribution in [-0.4, -0.2) is 127 Å². The lowest BCUT2D eigenvalue weighted by molar-refractivity contribution is -0.128. The standard InChI is InChI=1S/C14H30S.C12H25NO2.C11H24O3.C10H22O2.C9H20O.C8H16O2.C8H18/c1-13(2,3)9-7-11-15-12-8-10-14(4,5)6;1-11(2,3)10(14)13-8-7-9-15-12(4,5)6;1-10(2,3)13-7-9(12)8-14-11(4,5)6;1-9(2,3)11-7-8-12-10(4,5)6;1-8(2)6-7-10-9(3,4)5;1-6(2)8(9)5-10-7(3)4;1-7(2)5-6-8(3)4/h7-12H2,1-6H3;7-9H2,1-6H3,(H,13,14);9,12H,7-8H2,1-6H3;7-8H2,1-6H3;8H,6-7H2,1-5H3;6-7H,5H2,1-4H3;7-8H,5-6H2,1-4H3. The average molecular weight is 1230 g/mol. The highest BCUT2D eigenvalue weighted by atomic mass is 32.2. The Morgan fingerprint density at radius 1 is 0.417 bits per heavy atom. The minimum absolute atomic E-state index is 0.0366. The molecule has 0 bridgehead atoms. The maximum absolute atomic E-state index is 11.5. The molecule has 0 aliphatic heterocycles. The van der Waals surface area contributed by atoms with E-state index >= 15 is 0 Å². The van der Waals surface area contributed by atoms with Crippen molar-refractivity contribution >= 4 is 23.5 Å². The summed E-state index contributed by atoms with van der Waals surface area (Å²) in [6.45, 7) is 81.8. The normalized spacial score (nSPS) is 12.7. The van der Waals surface area contributed by atoms with Crippen molar-refractivity contribution in [3.63, 3.8) is 0 Å². The summed E-state index contributed by atoms with van der Waals surface area (Å²) in [5.74, 6) is 5.59. The Hall–Kier alpha value is -0.830. The van der Waals surface area contributed by atoms with Crippen LogP contribution in [0.5, 0.6) is 0 Å². The largest absolute Gasteiger partial charge is 0.388 e. The molecule has 0 heterocycles. The molecule has 0 rings (SSSR count). The maximum atomic E-state index is 11.5. The van der Waals surface area contributed by atoms with Gasteiger partial charge in [0.2, 0.25) is 5.91 Å². The third-order valence-electron chi connectivity index (χ3n) is 10.6. The fourth-order valence-electron chi connectivity index (χ4n) is 5.55. The van der Waals surface area contributed by atoms with Crippen LogP contribution in [0.25, 0.3) is 0 Å². The highest BCUT2D eigenvalue weighted by molar-refractivity contribution is 7.99. The minimum Gasteiger partial charge on any atom is -0.388 e. The predicted molar refractivity (Wildman–Crippen MR) is 371 cm³/mol. The van der Waals surface area contributed by atoms with E-state index in [9.17, 15) is 14.7 Å². The lowest BCUT2D eigenvalue weighted by atomic mass is 9.91. The van der Waals surface area contributed by atoms with Gasteiger partial charge in [-0.25, -0.2) is 0 Å². The van der Waals surface area contributed by atoms with E-state index in [0.717, 1.165) is 37.2 Å². The van der Waals surface area contributed by atoms with Gasteiger partial charge in [0.1, 0.15) is 12.7 Å². The van der Waals surface area contributed by atoms with Crippen molar-refractivity contribution in [3.05, 3.63) is 0 Å². The molecule has 2 N–H and O–H groups in total. The molecule has 0 aromatic heterocycles. The van der Waals surface area contributed by atoms with Gasteiger partial charge < -0.3 is 43.6 Å². The van der Waals surface area contributed by atoms with Crippen LogP contribution in [-0.2, 0) is 42.7 Å². The zero-order chi connectivity index (χ0) is 68.2. The summed E-state index contributed by atoms with van der Waals surface area (Å²) in [5.41, 5.74) is 0.166. The number of ketones is 1. The monoisotopic (exact) mass is 1230 g/mol. The van der Waals surface area contributed by atoms with E-state index in [-0.39, 0.29) is 69.3 Å². The molecule has 0 saturated heterocycles. The maximum Gasteiger partial charge on any atom is 0.225 e. The lowest BCUT2D eigenvalue weighted by Crippen LogP contribution is -2.35. The number of thioether (sulfide) groups is 1. The quantitative estimate of drug-likeness (QED) is 0.0762. The number of Topliss-reactive ketones (excluding diaryl/α,β-unsaturated/α-hetero) is 1. The molecule has 0 aromatic carbocycles. The zero-order valence-corrected chi connectivity index (χ0v) is 64.5. The molecule has 0 radical (unpaired) electrons. The van der Waals surface area contributed by atoms with Gasteiger partial charge in [0.05, 0.1) is 66.1 Å². The van der Waals surface area contributed by atoms with Crippen molar-refractivity contribution in [1.82, 2.24) is 5.32 Å². The molecular weight excluding hydrogens is 1070 g/mol.